The van der Waals surface area contributed by atoms with Crippen LogP contribution in [0, 0.1) is 20.8 Å². The van der Waals surface area contributed by atoms with Gasteiger partial charge in [-0.25, -0.2) is 8.51 Å². The third-order valence-electron chi connectivity index (χ3n) is 5.01. The molecule has 7 heteroatoms. The number of fused-ring (bicyclic) bond motifs is 1. The number of anilines is 1. The molecule has 2 aromatic carbocycles. The number of aryl methyl sites for hydroxylation is 2. The van der Waals surface area contributed by atoms with Gasteiger partial charge in [0.05, 0.1) is 16.8 Å². The number of allylic oxidation sites excluding steroid dienone is 1. The first-order valence-electron chi connectivity index (χ1n) is 8.82. The van der Waals surface area contributed by atoms with Crippen molar-refractivity contribution in [1.82, 2.24) is 4.98 Å². The Morgan fingerprint density at radius 1 is 1.14 bits per heavy atom. The van der Waals surface area contributed by atoms with Gasteiger partial charge in [0, 0.05) is 17.3 Å². The van der Waals surface area contributed by atoms with Crippen molar-refractivity contribution in [3.05, 3.63) is 65.0 Å². The molecule has 0 spiro atoms. The maximum atomic E-state index is 11.9. The average Bonchev–Trinajstić information content (AvgIpc) is 2.94. The quantitative estimate of drug-likeness (QED) is 0.559. The number of hydrogen-bond acceptors (Lipinski definition) is 2. The van der Waals surface area contributed by atoms with Crippen LogP contribution in [0.3, 0.4) is 0 Å². The molecule has 6 nitrogen and oxygen atoms in total. The molecule has 1 heterocycles. The second-order valence-corrected chi connectivity index (χ2v) is 7.49. The number of aromatic nitrogens is 1. The van der Waals surface area contributed by atoms with Gasteiger partial charge in [-0.05, 0) is 62.1 Å². The van der Waals surface area contributed by atoms with Gasteiger partial charge in [0.1, 0.15) is 0 Å². The topological polar surface area (TPSA) is 99.4 Å². The zero-order valence-electron chi connectivity index (χ0n) is 16.2. The molecule has 0 bridgehead atoms. The summed E-state index contributed by atoms with van der Waals surface area (Å²) in [5.41, 5.74) is 12.0. The van der Waals surface area contributed by atoms with Crippen LogP contribution >= 0.6 is 0 Å². The van der Waals surface area contributed by atoms with Gasteiger partial charge < -0.3 is 10.7 Å². The summed E-state index contributed by atoms with van der Waals surface area (Å²) in [6, 6.07) is 9.22. The number of benzene rings is 2. The van der Waals surface area contributed by atoms with Crippen LogP contribution in [0.15, 0.2) is 42.6 Å². The van der Waals surface area contributed by atoms with Gasteiger partial charge in [-0.2, -0.15) is 0 Å². The van der Waals surface area contributed by atoms with E-state index in [4.69, 9.17) is 5.73 Å². The second kappa shape index (κ2) is 7.61. The van der Waals surface area contributed by atoms with Gasteiger partial charge in [-0.1, -0.05) is 24.3 Å². The highest BCUT2D eigenvalue weighted by Gasteiger charge is 2.20. The summed E-state index contributed by atoms with van der Waals surface area (Å²) >= 11 is -2.19. The van der Waals surface area contributed by atoms with Crippen LogP contribution in [0.2, 0.25) is 0 Å². The molecule has 28 heavy (non-hydrogen) atoms. The van der Waals surface area contributed by atoms with Crippen molar-refractivity contribution < 1.29 is 13.6 Å². The standard InChI is InChI=1S/C21H23N3O3S/c1-5-11-24(28(26)27)18-8-6-7-15(13(18)3)16-9-10-17(21(22)25)20-19(16)12(2)14(4)23-20/h5-11,23H,1-4H3,(H2,22,25)(H,26,27). The van der Waals surface area contributed by atoms with E-state index in [1.165, 1.54) is 4.31 Å². The fraction of sp³-hybridized carbons (Fsp3) is 0.190. The molecule has 1 atom stereocenters. The average molecular weight is 398 g/mol. The number of carbonyl (C=O) groups is 1. The lowest BCUT2D eigenvalue weighted by Crippen LogP contribution is -2.19. The number of nitrogens with one attached hydrogen (secondary N) is 1. The summed E-state index contributed by atoms with van der Waals surface area (Å²) in [7, 11) is 0. The lowest BCUT2D eigenvalue weighted by Gasteiger charge is -2.20. The Morgan fingerprint density at radius 2 is 1.86 bits per heavy atom. The zero-order valence-corrected chi connectivity index (χ0v) is 17.1. The molecule has 0 radical (unpaired) electrons. The minimum Gasteiger partial charge on any atom is -0.366 e. The molecule has 4 N–H and O–H groups in total. The molecule has 0 aliphatic carbocycles. The Hall–Kier alpha value is -2.90. The Kier molecular flexibility index (Phi) is 5.40. The number of aromatic amines is 1. The van der Waals surface area contributed by atoms with Crippen molar-refractivity contribution in [1.29, 1.82) is 0 Å². The van der Waals surface area contributed by atoms with Crippen LogP contribution in [-0.4, -0.2) is 19.7 Å². The van der Waals surface area contributed by atoms with Crippen LogP contribution in [0.25, 0.3) is 22.0 Å². The fourth-order valence-electron chi connectivity index (χ4n) is 3.53. The molecule has 1 aromatic heterocycles. The highest BCUT2D eigenvalue weighted by molar-refractivity contribution is 7.80. The first-order chi connectivity index (χ1) is 13.3. The number of carbonyl (C=O) groups excluding carboxylic acids is 1. The summed E-state index contributed by atoms with van der Waals surface area (Å²) in [6.45, 7) is 7.65. The summed E-state index contributed by atoms with van der Waals surface area (Å²) in [4.78, 5) is 15.1. The smallest absolute Gasteiger partial charge is 0.266 e. The van der Waals surface area contributed by atoms with E-state index in [0.29, 0.717) is 16.8 Å². The normalized spacial score (nSPS) is 12.6. The van der Waals surface area contributed by atoms with Crippen molar-refractivity contribution in [3.8, 4) is 11.1 Å². The van der Waals surface area contributed by atoms with Crippen LogP contribution in [0.5, 0.6) is 0 Å². The first kappa shape index (κ1) is 19.9. The van der Waals surface area contributed by atoms with Gasteiger partial charge >= 0.3 is 0 Å². The van der Waals surface area contributed by atoms with Crippen LogP contribution in [0.4, 0.5) is 5.69 Å². The summed E-state index contributed by atoms with van der Waals surface area (Å²) in [5.74, 6) is -0.488. The van der Waals surface area contributed by atoms with Crippen molar-refractivity contribution in [2.24, 2.45) is 5.73 Å². The molecule has 0 aliphatic heterocycles. The zero-order chi connectivity index (χ0) is 20.6. The Balaban J connectivity index is 2.33. The molecule has 0 fully saturated rings. The van der Waals surface area contributed by atoms with E-state index in [1.807, 2.05) is 39.0 Å². The van der Waals surface area contributed by atoms with Crippen molar-refractivity contribution >= 4 is 33.8 Å². The molecular formula is C21H23N3O3S. The Morgan fingerprint density at radius 3 is 2.46 bits per heavy atom. The lowest BCUT2D eigenvalue weighted by molar-refractivity contribution is 0.100. The highest BCUT2D eigenvalue weighted by Crippen LogP contribution is 2.38. The Labute approximate surface area is 166 Å². The molecule has 0 saturated carbocycles. The molecule has 1 unspecified atom stereocenters. The van der Waals surface area contributed by atoms with Gasteiger partial charge in [-0.15, -0.1) is 0 Å². The number of hydrogen-bond donors (Lipinski definition) is 3. The van der Waals surface area contributed by atoms with Gasteiger partial charge in [0.15, 0.2) is 0 Å². The van der Waals surface area contributed by atoms with Crippen molar-refractivity contribution in [2.75, 3.05) is 4.31 Å². The molecule has 0 aliphatic rings. The number of nitrogens with two attached hydrogens (primary N) is 1. The van der Waals surface area contributed by atoms with E-state index in [9.17, 15) is 13.6 Å². The molecule has 3 rings (SSSR count). The second-order valence-electron chi connectivity index (χ2n) is 6.64. The van der Waals surface area contributed by atoms with E-state index < -0.39 is 17.2 Å². The fourth-order valence-corrected chi connectivity index (χ4v) is 4.12. The molecule has 3 aromatic rings. The molecular weight excluding hydrogens is 374 g/mol. The van der Waals surface area contributed by atoms with Gasteiger partial charge in [0.2, 0.25) is 0 Å². The first-order valence-corrected chi connectivity index (χ1v) is 9.89. The van der Waals surface area contributed by atoms with Gasteiger partial charge in [-0.3, -0.25) is 9.35 Å². The van der Waals surface area contributed by atoms with Crippen molar-refractivity contribution in [3.63, 3.8) is 0 Å². The summed E-state index contributed by atoms with van der Waals surface area (Å²) in [5, 5.41) is 0.928. The molecule has 1 amide bonds. The van der Waals surface area contributed by atoms with E-state index >= 15 is 0 Å². The number of amides is 1. The predicted molar refractivity (Wildman–Crippen MR) is 115 cm³/mol. The van der Waals surface area contributed by atoms with Crippen LogP contribution in [0.1, 0.15) is 34.1 Å². The number of nitrogens with zero attached hydrogens (tertiary/aromatic N) is 1. The Bertz CT molecular complexity index is 1130. The maximum Gasteiger partial charge on any atom is 0.266 e. The van der Waals surface area contributed by atoms with Crippen LogP contribution in [-0.2, 0) is 11.3 Å². The van der Waals surface area contributed by atoms with Crippen LogP contribution < -0.4 is 10.0 Å². The largest absolute Gasteiger partial charge is 0.366 e. The van der Waals surface area contributed by atoms with Gasteiger partial charge in [0.25, 0.3) is 17.2 Å². The van der Waals surface area contributed by atoms with Crippen molar-refractivity contribution in [2.45, 2.75) is 27.7 Å². The minimum atomic E-state index is -2.19. The van der Waals surface area contributed by atoms with E-state index in [1.54, 1.807) is 31.3 Å². The third-order valence-corrected chi connectivity index (χ3v) is 5.66. The van der Waals surface area contributed by atoms with E-state index in [-0.39, 0.29) is 0 Å². The third kappa shape index (κ3) is 3.23. The number of H-pyrrole nitrogens is 1. The predicted octanol–water partition coefficient (Wildman–Crippen LogP) is 4.34. The maximum absolute atomic E-state index is 11.9. The SMILES string of the molecule is CC=CN(c1cccc(-c2ccc(C(N)=O)c3[nH]c(C)c(C)c23)c1C)S(=O)O. The number of primary amides is 1. The minimum absolute atomic E-state index is 0.441. The highest BCUT2D eigenvalue weighted by atomic mass is 32.2. The van der Waals surface area contributed by atoms with E-state index in [2.05, 4.69) is 4.98 Å². The molecule has 0 saturated heterocycles. The van der Waals surface area contributed by atoms with E-state index in [0.717, 1.165) is 33.3 Å². The summed E-state index contributed by atoms with van der Waals surface area (Å²) in [6.07, 6.45) is 3.28. The molecule has 146 valence electrons. The lowest BCUT2D eigenvalue weighted by atomic mass is 9.93. The number of rotatable bonds is 5. The summed E-state index contributed by atoms with van der Waals surface area (Å²) < 4.78 is 22.8. The monoisotopic (exact) mass is 397 g/mol.